The summed E-state index contributed by atoms with van der Waals surface area (Å²) in [6, 6.07) is -1.88. The average Bonchev–Trinajstić information content (AvgIpc) is 2.33. The van der Waals surface area contributed by atoms with Gasteiger partial charge in [-0.3, -0.25) is 9.79 Å². The van der Waals surface area contributed by atoms with Crippen LogP contribution in [0.15, 0.2) is 34.4 Å². The largest absolute Gasteiger partial charge is 0.480 e. The Morgan fingerprint density at radius 2 is 1.90 bits per heavy atom. The van der Waals surface area contributed by atoms with Crippen LogP contribution in [0.4, 0.5) is 13.2 Å². The second-order valence-electron chi connectivity index (χ2n) is 4.37. The van der Waals surface area contributed by atoms with Crippen LogP contribution in [-0.4, -0.2) is 46.9 Å². The zero-order chi connectivity index (χ0) is 16.8. The minimum Gasteiger partial charge on any atom is -0.480 e. The molecule has 8 heteroatoms. The summed E-state index contributed by atoms with van der Waals surface area (Å²) in [5.74, 6) is -0.976. The van der Waals surface area contributed by atoms with Crippen LogP contribution < -0.4 is 0 Å². The second-order valence-corrected chi connectivity index (χ2v) is 4.37. The van der Waals surface area contributed by atoms with E-state index in [1.165, 1.54) is 11.8 Å². The van der Waals surface area contributed by atoms with Gasteiger partial charge in [0.15, 0.2) is 0 Å². The molecule has 0 heterocycles. The molecule has 1 N–H and O–H groups in total. The molecule has 0 aliphatic rings. The Bertz CT molecular complexity index is 482. The zero-order valence-corrected chi connectivity index (χ0v) is 12.1. The fraction of sp³-hybridized carbons (Fsp3) is 0.462. The summed E-state index contributed by atoms with van der Waals surface area (Å²) in [5, 5.41) is 8.83. The second kappa shape index (κ2) is 7.61. The Morgan fingerprint density at radius 3 is 2.29 bits per heavy atom. The summed E-state index contributed by atoms with van der Waals surface area (Å²) in [6.07, 6.45) is -3.68. The SMILES string of the molecule is C=C(C)C(=C)N(CC(=O)O)/C(C)=N/C=N\C(C)C(F)(F)F. The van der Waals surface area contributed by atoms with Gasteiger partial charge in [-0.15, -0.1) is 0 Å². The van der Waals surface area contributed by atoms with Crippen molar-refractivity contribution in [1.82, 2.24) is 4.90 Å². The van der Waals surface area contributed by atoms with Gasteiger partial charge in [-0.05, 0) is 26.3 Å². The molecule has 0 rings (SSSR count). The maximum absolute atomic E-state index is 12.3. The summed E-state index contributed by atoms with van der Waals surface area (Å²) in [7, 11) is 0. The number of aliphatic carboxylic acids is 1. The number of alkyl halides is 3. The van der Waals surface area contributed by atoms with Gasteiger partial charge in [0.1, 0.15) is 24.8 Å². The Morgan fingerprint density at radius 1 is 1.38 bits per heavy atom. The maximum atomic E-state index is 12.3. The van der Waals surface area contributed by atoms with E-state index in [0.29, 0.717) is 11.3 Å². The van der Waals surface area contributed by atoms with Gasteiger partial charge in [0.05, 0.1) is 0 Å². The van der Waals surface area contributed by atoms with E-state index in [2.05, 4.69) is 23.1 Å². The maximum Gasteiger partial charge on any atom is 0.410 e. The number of carboxylic acids is 1. The number of carboxylic acid groups (broad SMARTS) is 1. The lowest BCUT2D eigenvalue weighted by molar-refractivity contribution is -0.142. The molecule has 0 saturated carbocycles. The van der Waals surface area contributed by atoms with E-state index in [-0.39, 0.29) is 5.84 Å². The first-order chi connectivity index (χ1) is 9.46. The molecule has 0 fully saturated rings. The van der Waals surface area contributed by atoms with E-state index in [1.807, 2.05) is 0 Å². The van der Waals surface area contributed by atoms with Gasteiger partial charge in [0.25, 0.3) is 0 Å². The molecule has 0 aromatic rings. The number of hydrogen-bond acceptors (Lipinski definition) is 2. The fourth-order valence-electron chi connectivity index (χ4n) is 1.14. The average molecular weight is 305 g/mol. The van der Waals surface area contributed by atoms with E-state index < -0.39 is 24.7 Å². The van der Waals surface area contributed by atoms with Gasteiger partial charge in [-0.25, -0.2) is 4.99 Å². The summed E-state index contributed by atoms with van der Waals surface area (Å²) in [6.45, 7) is 10.8. The van der Waals surface area contributed by atoms with Gasteiger partial charge in [-0.2, -0.15) is 13.2 Å². The van der Waals surface area contributed by atoms with Crippen LogP contribution in [0.25, 0.3) is 0 Å². The van der Waals surface area contributed by atoms with Crippen LogP contribution in [0.1, 0.15) is 20.8 Å². The van der Waals surface area contributed by atoms with Crippen LogP contribution in [0.2, 0.25) is 0 Å². The number of amidine groups is 1. The molecule has 21 heavy (non-hydrogen) atoms. The molecule has 0 aromatic carbocycles. The van der Waals surface area contributed by atoms with Crippen molar-refractivity contribution in [1.29, 1.82) is 0 Å². The van der Waals surface area contributed by atoms with Crippen molar-refractivity contribution in [2.75, 3.05) is 6.54 Å². The summed E-state index contributed by atoms with van der Waals surface area (Å²) >= 11 is 0. The molecule has 0 saturated heterocycles. The number of halogens is 3. The fourth-order valence-corrected chi connectivity index (χ4v) is 1.14. The topological polar surface area (TPSA) is 65.3 Å². The minimum atomic E-state index is -4.44. The van der Waals surface area contributed by atoms with Crippen molar-refractivity contribution < 1.29 is 23.1 Å². The molecule has 0 bridgehead atoms. The molecular formula is C13H18F3N3O2. The van der Waals surface area contributed by atoms with E-state index in [1.54, 1.807) is 6.92 Å². The lowest BCUT2D eigenvalue weighted by Gasteiger charge is -2.24. The van der Waals surface area contributed by atoms with Crippen molar-refractivity contribution in [3.63, 3.8) is 0 Å². The zero-order valence-electron chi connectivity index (χ0n) is 12.1. The third-order valence-corrected chi connectivity index (χ3v) is 2.51. The molecule has 1 unspecified atom stereocenters. The minimum absolute atomic E-state index is 0.156. The quantitative estimate of drug-likeness (QED) is 0.466. The number of hydrogen-bond donors (Lipinski definition) is 1. The predicted octanol–water partition coefficient (Wildman–Crippen LogP) is 2.86. The third-order valence-electron chi connectivity index (χ3n) is 2.51. The molecule has 0 spiro atoms. The molecule has 0 radical (unpaired) electrons. The van der Waals surface area contributed by atoms with Crippen molar-refractivity contribution in [3.8, 4) is 0 Å². The van der Waals surface area contributed by atoms with Crippen LogP contribution >= 0.6 is 0 Å². The molecule has 0 amide bonds. The molecule has 1 atom stereocenters. The smallest absolute Gasteiger partial charge is 0.410 e. The summed E-state index contributed by atoms with van der Waals surface area (Å²) < 4.78 is 36.8. The van der Waals surface area contributed by atoms with Gasteiger partial charge in [0.2, 0.25) is 0 Å². The highest BCUT2D eigenvalue weighted by Crippen LogP contribution is 2.21. The first-order valence-electron chi connectivity index (χ1n) is 5.93. The van der Waals surface area contributed by atoms with E-state index in [9.17, 15) is 18.0 Å². The van der Waals surface area contributed by atoms with Crippen LogP contribution in [0.3, 0.4) is 0 Å². The van der Waals surface area contributed by atoms with Crippen molar-refractivity contribution >= 4 is 18.1 Å². The van der Waals surface area contributed by atoms with Crippen molar-refractivity contribution in [2.24, 2.45) is 9.98 Å². The Labute approximate surface area is 121 Å². The lowest BCUT2D eigenvalue weighted by Crippen LogP contribution is -2.33. The van der Waals surface area contributed by atoms with Gasteiger partial charge in [0, 0.05) is 5.70 Å². The predicted molar refractivity (Wildman–Crippen MR) is 75.4 cm³/mol. The van der Waals surface area contributed by atoms with Crippen LogP contribution in [0, 0.1) is 0 Å². The Hall–Kier alpha value is -2.12. The van der Waals surface area contributed by atoms with Crippen LogP contribution in [0.5, 0.6) is 0 Å². The summed E-state index contributed by atoms with van der Waals surface area (Å²) in [4.78, 5) is 19.0. The first-order valence-corrected chi connectivity index (χ1v) is 5.93. The highest BCUT2D eigenvalue weighted by Gasteiger charge is 2.35. The molecular weight excluding hydrogens is 287 g/mol. The summed E-state index contributed by atoms with van der Waals surface area (Å²) in [5.41, 5.74) is 0.835. The van der Waals surface area contributed by atoms with Crippen LogP contribution in [-0.2, 0) is 4.79 Å². The van der Waals surface area contributed by atoms with Gasteiger partial charge >= 0.3 is 12.1 Å². The highest BCUT2D eigenvalue weighted by molar-refractivity contribution is 5.90. The number of allylic oxidation sites excluding steroid dienone is 1. The first kappa shape index (κ1) is 18.9. The van der Waals surface area contributed by atoms with Crippen molar-refractivity contribution in [2.45, 2.75) is 33.0 Å². The molecule has 0 aromatic heterocycles. The number of carbonyl (C=O) groups is 1. The van der Waals surface area contributed by atoms with Crippen molar-refractivity contribution in [3.05, 3.63) is 24.4 Å². The number of aliphatic imine (C=N–C) groups is 2. The monoisotopic (exact) mass is 305 g/mol. The van der Waals surface area contributed by atoms with E-state index >= 15 is 0 Å². The number of nitrogens with zero attached hydrogens (tertiary/aromatic N) is 3. The Kier molecular flexibility index (Phi) is 6.84. The molecule has 0 aliphatic carbocycles. The normalized spacial score (nSPS) is 14.1. The standard InChI is InChI=1S/C13H18F3N3O2/c1-8(2)9(3)19(6-12(20)21)11(5)18-7-17-10(4)13(14,15)16/h7,10H,1,3,6H2,2,4-5H3,(H,20,21)/b17-7-,18-11+. The lowest BCUT2D eigenvalue weighted by atomic mass is 10.2. The molecule has 0 aliphatic heterocycles. The van der Waals surface area contributed by atoms with E-state index in [0.717, 1.165) is 13.3 Å². The third kappa shape index (κ3) is 6.73. The molecule has 5 nitrogen and oxygen atoms in total. The van der Waals surface area contributed by atoms with Gasteiger partial charge in [-0.1, -0.05) is 13.2 Å². The van der Waals surface area contributed by atoms with Gasteiger partial charge < -0.3 is 10.0 Å². The Balaban J connectivity index is 5.12. The molecule has 118 valence electrons. The highest BCUT2D eigenvalue weighted by atomic mass is 19.4. The van der Waals surface area contributed by atoms with E-state index in [4.69, 9.17) is 5.11 Å². The number of rotatable bonds is 6.